The summed E-state index contributed by atoms with van der Waals surface area (Å²) in [5.74, 6) is 0.815. The highest BCUT2D eigenvalue weighted by Gasteiger charge is 2.30. The number of hydrogen-bond acceptors (Lipinski definition) is 7. The monoisotopic (exact) mass is 571 g/mol. The summed E-state index contributed by atoms with van der Waals surface area (Å²) in [5.41, 5.74) is 8.58. The molecule has 1 aromatic carbocycles. The van der Waals surface area contributed by atoms with E-state index in [-0.39, 0.29) is 29.8 Å². The van der Waals surface area contributed by atoms with Gasteiger partial charge in [-0.2, -0.15) is 0 Å². The number of fused-ring (bicyclic) bond motifs is 1. The molecule has 2 amide bonds. The second-order valence-corrected chi connectivity index (χ2v) is 10.8. The molecule has 42 heavy (non-hydrogen) atoms. The highest BCUT2D eigenvalue weighted by molar-refractivity contribution is 6.05. The van der Waals surface area contributed by atoms with Gasteiger partial charge < -0.3 is 20.7 Å². The number of pyridine rings is 1. The van der Waals surface area contributed by atoms with E-state index in [1.54, 1.807) is 18.6 Å². The van der Waals surface area contributed by atoms with Crippen molar-refractivity contribution in [2.45, 2.75) is 57.8 Å². The van der Waals surface area contributed by atoms with Gasteiger partial charge >= 0.3 is 0 Å². The Labute approximate surface area is 243 Å². The minimum Gasteiger partial charge on any atom is -0.493 e. The molecule has 0 radical (unpaired) electrons. The van der Waals surface area contributed by atoms with Crippen molar-refractivity contribution in [2.24, 2.45) is 0 Å². The van der Waals surface area contributed by atoms with Crippen molar-refractivity contribution in [2.75, 3.05) is 30.7 Å². The Morgan fingerprint density at radius 2 is 1.95 bits per heavy atom. The molecule has 2 fully saturated rings. The van der Waals surface area contributed by atoms with Gasteiger partial charge in [0.05, 0.1) is 12.2 Å². The lowest BCUT2D eigenvalue weighted by molar-refractivity contribution is -0.132. The zero-order chi connectivity index (χ0) is 29.4. The number of nitrogens with zero attached hydrogens (tertiary/aromatic N) is 5. The summed E-state index contributed by atoms with van der Waals surface area (Å²) in [5, 5.41) is 2.73. The van der Waals surface area contributed by atoms with Gasteiger partial charge in [0, 0.05) is 49.6 Å². The van der Waals surface area contributed by atoms with Crippen LogP contribution in [0.2, 0.25) is 0 Å². The van der Waals surface area contributed by atoms with Crippen molar-refractivity contribution < 1.29 is 18.7 Å². The third-order valence-corrected chi connectivity index (χ3v) is 8.00. The van der Waals surface area contributed by atoms with Crippen molar-refractivity contribution in [3.8, 4) is 17.0 Å². The van der Waals surface area contributed by atoms with Crippen molar-refractivity contribution in [1.82, 2.24) is 24.3 Å². The van der Waals surface area contributed by atoms with Crippen LogP contribution in [0.25, 0.3) is 16.8 Å². The minimum atomic E-state index is -0.730. The predicted octanol–water partition coefficient (Wildman–Crippen LogP) is 5.16. The Kier molecular flexibility index (Phi) is 7.49. The number of nitrogen functional groups attached to an aromatic ring is 1. The molecule has 3 N–H and O–H groups in total. The first-order valence-corrected chi connectivity index (χ1v) is 14.5. The summed E-state index contributed by atoms with van der Waals surface area (Å²) < 4.78 is 23.5. The Bertz CT molecular complexity index is 1670. The van der Waals surface area contributed by atoms with Crippen LogP contribution in [0.1, 0.15) is 79.5 Å². The normalized spacial score (nSPS) is 16.9. The quantitative estimate of drug-likeness (QED) is 0.299. The minimum absolute atomic E-state index is 0.0401. The van der Waals surface area contributed by atoms with Crippen LogP contribution in [0.3, 0.4) is 0 Å². The smallest absolute Gasteiger partial charge is 0.259 e. The number of piperidine rings is 1. The van der Waals surface area contributed by atoms with Crippen LogP contribution in [0, 0.1) is 5.82 Å². The SMILES string of the molecule is CCOc1cc(C(=O)Nc2cc(C3CC3)ccn2)c(F)cc1-c1nc(C2CCCN(C(=O)CC)C2)n2ccnc(N)c12. The maximum atomic E-state index is 15.7. The molecular weight excluding hydrogens is 537 g/mol. The van der Waals surface area contributed by atoms with Crippen molar-refractivity contribution in [1.29, 1.82) is 0 Å². The third kappa shape index (κ3) is 5.26. The molecule has 1 aliphatic carbocycles. The van der Waals surface area contributed by atoms with Gasteiger partial charge in [0.25, 0.3) is 5.91 Å². The maximum absolute atomic E-state index is 15.7. The molecular formula is C31H34FN7O3. The Balaban J connectivity index is 1.39. The van der Waals surface area contributed by atoms with Gasteiger partial charge in [0.2, 0.25) is 5.91 Å². The Morgan fingerprint density at radius 3 is 2.71 bits per heavy atom. The number of imidazole rings is 1. The highest BCUT2D eigenvalue weighted by Crippen LogP contribution is 2.41. The summed E-state index contributed by atoms with van der Waals surface area (Å²) in [6, 6.07) is 6.43. The number of likely N-dealkylation sites (tertiary alicyclic amines) is 1. The topological polar surface area (TPSA) is 128 Å². The van der Waals surface area contributed by atoms with Gasteiger partial charge in [-0.15, -0.1) is 0 Å². The molecule has 218 valence electrons. The number of rotatable bonds is 8. The fourth-order valence-electron chi connectivity index (χ4n) is 5.76. The second-order valence-electron chi connectivity index (χ2n) is 10.8. The molecule has 1 unspecified atom stereocenters. The number of nitrogens with one attached hydrogen (secondary N) is 1. The van der Waals surface area contributed by atoms with E-state index in [9.17, 15) is 9.59 Å². The summed E-state index contributed by atoms with van der Waals surface area (Å²) in [4.78, 5) is 41.0. The van der Waals surface area contributed by atoms with E-state index in [4.69, 9.17) is 15.5 Å². The molecule has 11 heteroatoms. The van der Waals surface area contributed by atoms with E-state index >= 15 is 4.39 Å². The van der Waals surface area contributed by atoms with E-state index in [2.05, 4.69) is 15.3 Å². The number of halogens is 1. The van der Waals surface area contributed by atoms with E-state index < -0.39 is 11.7 Å². The van der Waals surface area contributed by atoms with Crippen molar-refractivity contribution >= 4 is 29.0 Å². The number of anilines is 2. The summed E-state index contributed by atoms with van der Waals surface area (Å²) >= 11 is 0. The molecule has 0 bridgehead atoms. The average Bonchev–Trinajstić information content (AvgIpc) is 3.78. The van der Waals surface area contributed by atoms with Crippen molar-refractivity contribution in [3.05, 3.63) is 65.6 Å². The average molecular weight is 572 g/mol. The fourth-order valence-corrected chi connectivity index (χ4v) is 5.76. The standard InChI is InChI=1S/C31H34FN7O3/c1-3-26(40)38-12-5-6-20(17-38)30-37-27(28-29(33)35-11-13-39(28)30)22-15-23(32)21(16-24(22)42-4-2)31(41)36-25-14-19(9-10-34-25)18-7-8-18/h9-11,13-16,18,20H,3-8,12,17H2,1-2H3,(H2,33,35)(H,34,36,41). The number of ether oxygens (including phenoxy) is 1. The van der Waals surface area contributed by atoms with Crippen LogP contribution in [0.15, 0.2) is 42.9 Å². The highest BCUT2D eigenvalue weighted by atomic mass is 19.1. The van der Waals surface area contributed by atoms with Crippen molar-refractivity contribution in [3.63, 3.8) is 0 Å². The van der Waals surface area contributed by atoms with E-state index in [0.717, 1.165) is 31.2 Å². The van der Waals surface area contributed by atoms with Gasteiger partial charge in [-0.3, -0.25) is 14.0 Å². The zero-order valence-corrected chi connectivity index (χ0v) is 23.8. The zero-order valence-electron chi connectivity index (χ0n) is 23.8. The van der Waals surface area contributed by atoms with Gasteiger partial charge in [-0.1, -0.05) is 6.92 Å². The third-order valence-electron chi connectivity index (χ3n) is 8.00. The molecule has 1 atom stereocenters. The largest absolute Gasteiger partial charge is 0.493 e. The first-order valence-electron chi connectivity index (χ1n) is 14.5. The van der Waals surface area contributed by atoms with Gasteiger partial charge in [0.1, 0.15) is 40.2 Å². The van der Waals surface area contributed by atoms with Gasteiger partial charge in [-0.25, -0.2) is 19.3 Å². The number of carbonyl (C=O) groups is 2. The molecule has 0 spiro atoms. The maximum Gasteiger partial charge on any atom is 0.259 e. The predicted molar refractivity (Wildman–Crippen MR) is 157 cm³/mol. The molecule has 3 aromatic heterocycles. The molecule has 6 rings (SSSR count). The number of amides is 2. The first kappa shape index (κ1) is 27.6. The van der Waals surface area contributed by atoms with Crippen LogP contribution in [0.4, 0.5) is 16.0 Å². The number of carbonyl (C=O) groups excluding carboxylic acids is 2. The van der Waals surface area contributed by atoms with Crippen LogP contribution >= 0.6 is 0 Å². The number of benzene rings is 1. The number of nitrogens with two attached hydrogens (primary N) is 1. The molecule has 1 saturated carbocycles. The summed E-state index contributed by atoms with van der Waals surface area (Å²) in [6.07, 6.45) is 9.39. The van der Waals surface area contributed by atoms with Crippen LogP contribution in [-0.4, -0.2) is 55.8 Å². The lowest BCUT2D eigenvalue weighted by Gasteiger charge is -2.32. The molecule has 2 aliphatic rings. The van der Waals surface area contributed by atoms with Gasteiger partial charge in [-0.05, 0) is 68.4 Å². The van der Waals surface area contributed by atoms with Crippen LogP contribution < -0.4 is 15.8 Å². The molecule has 10 nitrogen and oxygen atoms in total. The summed E-state index contributed by atoms with van der Waals surface area (Å²) in [7, 11) is 0. The fraction of sp³-hybridized carbons (Fsp3) is 0.387. The van der Waals surface area contributed by atoms with E-state index in [1.807, 2.05) is 35.3 Å². The Hall–Kier alpha value is -4.54. The number of hydrogen-bond donors (Lipinski definition) is 2. The number of aromatic nitrogens is 4. The van der Waals surface area contributed by atoms with E-state index in [1.165, 1.54) is 12.1 Å². The van der Waals surface area contributed by atoms with Gasteiger partial charge in [0.15, 0.2) is 0 Å². The Morgan fingerprint density at radius 1 is 1.12 bits per heavy atom. The second kappa shape index (κ2) is 11.4. The lowest BCUT2D eigenvalue weighted by atomic mass is 9.97. The molecule has 4 heterocycles. The first-order chi connectivity index (χ1) is 20.4. The molecule has 1 saturated heterocycles. The lowest BCUT2D eigenvalue weighted by Crippen LogP contribution is -2.39. The molecule has 4 aromatic rings. The van der Waals surface area contributed by atoms with Crippen LogP contribution in [-0.2, 0) is 4.79 Å². The summed E-state index contributed by atoms with van der Waals surface area (Å²) in [6.45, 7) is 5.21. The van der Waals surface area contributed by atoms with E-state index in [0.29, 0.717) is 59.6 Å². The molecule has 1 aliphatic heterocycles. The van der Waals surface area contributed by atoms with Crippen LogP contribution in [0.5, 0.6) is 5.75 Å².